The van der Waals surface area contributed by atoms with Crippen LogP contribution in [0.5, 0.6) is 0 Å². The molecule has 0 spiro atoms. The van der Waals surface area contributed by atoms with Crippen LogP contribution < -0.4 is 0 Å². The molecular weight excluding hydrogens is 238 g/mol. The molecule has 0 unspecified atom stereocenters. The molecule has 4 nitrogen and oxygen atoms in total. The Morgan fingerprint density at radius 1 is 1.00 bits per heavy atom. The third-order valence-electron chi connectivity index (χ3n) is 5.19. The standard InChI is InChI=1S/C15H27N3O/c1-17(2)15(12-16)8-4-13(5-9-15)18(3)14-6-10-19-11-7-14/h13-14H,4-11H2,1-3H3. The summed E-state index contributed by atoms with van der Waals surface area (Å²) in [5.74, 6) is 0. The largest absolute Gasteiger partial charge is 0.381 e. The number of hydrogen-bond acceptors (Lipinski definition) is 4. The molecule has 0 atom stereocenters. The van der Waals surface area contributed by atoms with Crippen molar-refractivity contribution in [1.82, 2.24) is 9.80 Å². The number of ether oxygens (including phenoxy) is 1. The highest BCUT2D eigenvalue weighted by atomic mass is 16.5. The summed E-state index contributed by atoms with van der Waals surface area (Å²) in [4.78, 5) is 4.66. The Balaban J connectivity index is 1.90. The molecule has 2 aliphatic rings. The Kier molecular flexibility index (Phi) is 4.83. The minimum Gasteiger partial charge on any atom is -0.381 e. The van der Waals surface area contributed by atoms with Crippen molar-refractivity contribution in [3.63, 3.8) is 0 Å². The second-order valence-electron chi connectivity index (χ2n) is 6.28. The Labute approximate surface area is 117 Å². The van der Waals surface area contributed by atoms with Crippen LogP contribution in [0.3, 0.4) is 0 Å². The normalized spacial score (nSPS) is 33.6. The molecule has 1 aliphatic carbocycles. The van der Waals surface area contributed by atoms with Gasteiger partial charge in [-0.05, 0) is 59.7 Å². The number of nitrogens with zero attached hydrogens (tertiary/aromatic N) is 3. The predicted molar refractivity (Wildman–Crippen MR) is 75.9 cm³/mol. The zero-order chi connectivity index (χ0) is 13.9. The van der Waals surface area contributed by atoms with Crippen molar-refractivity contribution in [3.05, 3.63) is 0 Å². The first-order valence-electron chi connectivity index (χ1n) is 7.47. The molecule has 0 radical (unpaired) electrons. The van der Waals surface area contributed by atoms with Gasteiger partial charge in [-0.3, -0.25) is 4.90 Å². The Morgan fingerprint density at radius 2 is 1.53 bits per heavy atom. The highest BCUT2D eigenvalue weighted by molar-refractivity contribution is 5.10. The first-order valence-corrected chi connectivity index (χ1v) is 7.47. The van der Waals surface area contributed by atoms with Crippen LogP contribution in [0, 0.1) is 11.3 Å². The zero-order valence-corrected chi connectivity index (χ0v) is 12.6. The van der Waals surface area contributed by atoms with E-state index in [-0.39, 0.29) is 5.54 Å². The maximum absolute atomic E-state index is 9.46. The van der Waals surface area contributed by atoms with Crippen LogP contribution in [0.4, 0.5) is 0 Å². The molecule has 2 rings (SSSR count). The van der Waals surface area contributed by atoms with Crippen LogP contribution in [0.15, 0.2) is 0 Å². The van der Waals surface area contributed by atoms with E-state index in [1.165, 1.54) is 0 Å². The quantitative estimate of drug-likeness (QED) is 0.781. The summed E-state index contributed by atoms with van der Waals surface area (Å²) in [7, 11) is 6.33. The molecule has 1 saturated carbocycles. The van der Waals surface area contributed by atoms with Crippen LogP contribution in [0.2, 0.25) is 0 Å². The van der Waals surface area contributed by atoms with Gasteiger partial charge in [-0.15, -0.1) is 0 Å². The summed E-state index contributed by atoms with van der Waals surface area (Å²) in [6.45, 7) is 1.81. The first-order chi connectivity index (χ1) is 9.09. The molecule has 0 N–H and O–H groups in total. The molecule has 4 heteroatoms. The van der Waals surface area contributed by atoms with Crippen LogP contribution in [-0.4, -0.2) is 61.8 Å². The summed E-state index contributed by atoms with van der Waals surface area (Å²) in [5.41, 5.74) is -0.229. The molecule has 0 aromatic rings. The molecule has 0 aromatic carbocycles. The molecule has 0 amide bonds. The summed E-state index contributed by atoms with van der Waals surface area (Å²) < 4.78 is 5.44. The maximum Gasteiger partial charge on any atom is 0.108 e. The fourth-order valence-electron chi connectivity index (χ4n) is 3.54. The van der Waals surface area contributed by atoms with Crippen molar-refractivity contribution in [2.24, 2.45) is 0 Å². The third kappa shape index (κ3) is 3.10. The van der Waals surface area contributed by atoms with Gasteiger partial charge in [-0.25, -0.2) is 0 Å². The van der Waals surface area contributed by atoms with Crippen molar-refractivity contribution in [2.75, 3.05) is 34.4 Å². The highest BCUT2D eigenvalue weighted by Gasteiger charge is 2.39. The Bertz CT molecular complexity index is 323. The predicted octanol–water partition coefficient (Wildman–Crippen LogP) is 1.86. The van der Waals surface area contributed by atoms with E-state index < -0.39 is 0 Å². The van der Waals surface area contributed by atoms with E-state index in [1.54, 1.807) is 0 Å². The van der Waals surface area contributed by atoms with E-state index in [0.29, 0.717) is 12.1 Å². The smallest absolute Gasteiger partial charge is 0.108 e. The van der Waals surface area contributed by atoms with E-state index in [1.807, 2.05) is 14.1 Å². The number of nitriles is 1. The van der Waals surface area contributed by atoms with E-state index in [0.717, 1.165) is 51.7 Å². The molecule has 2 fully saturated rings. The van der Waals surface area contributed by atoms with Gasteiger partial charge in [0.05, 0.1) is 6.07 Å². The summed E-state index contributed by atoms with van der Waals surface area (Å²) in [6, 6.07) is 3.86. The summed E-state index contributed by atoms with van der Waals surface area (Å²) >= 11 is 0. The van der Waals surface area contributed by atoms with Gasteiger partial charge in [0, 0.05) is 25.3 Å². The van der Waals surface area contributed by atoms with Crippen molar-refractivity contribution < 1.29 is 4.74 Å². The van der Waals surface area contributed by atoms with Gasteiger partial charge in [0.25, 0.3) is 0 Å². The topological polar surface area (TPSA) is 39.5 Å². The minimum atomic E-state index is -0.229. The number of rotatable bonds is 3. The molecule has 108 valence electrons. The lowest BCUT2D eigenvalue weighted by Gasteiger charge is -2.44. The lowest BCUT2D eigenvalue weighted by atomic mass is 9.78. The van der Waals surface area contributed by atoms with Crippen molar-refractivity contribution in [1.29, 1.82) is 5.26 Å². The van der Waals surface area contributed by atoms with E-state index >= 15 is 0 Å². The Morgan fingerprint density at radius 3 is 2.00 bits per heavy atom. The van der Waals surface area contributed by atoms with Gasteiger partial charge >= 0.3 is 0 Å². The average molecular weight is 265 g/mol. The molecule has 19 heavy (non-hydrogen) atoms. The Hall–Kier alpha value is -0.630. The van der Waals surface area contributed by atoms with Crippen molar-refractivity contribution >= 4 is 0 Å². The van der Waals surface area contributed by atoms with Crippen LogP contribution in [0.25, 0.3) is 0 Å². The summed E-state index contributed by atoms with van der Waals surface area (Å²) in [6.07, 6.45) is 6.58. The van der Waals surface area contributed by atoms with Gasteiger partial charge < -0.3 is 9.64 Å². The SMILES string of the molecule is CN(C1CCOCC1)C1CCC(C#N)(N(C)C)CC1. The van der Waals surface area contributed by atoms with Crippen LogP contribution in [0.1, 0.15) is 38.5 Å². The fraction of sp³-hybridized carbons (Fsp3) is 0.933. The van der Waals surface area contributed by atoms with Crippen LogP contribution >= 0.6 is 0 Å². The molecule has 0 bridgehead atoms. The van der Waals surface area contributed by atoms with E-state index in [2.05, 4.69) is 22.9 Å². The molecule has 1 heterocycles. The maximum atomic E-state index is 9.46. The lowest BCUT2D eigenvalue weighted by Crippen LogP contribution is -2.51. The lowest BCUT2D eigenvalue weighted by molar-refractivity contribution is 0.0118. The van der Waals surface area contributed by atoms with Gasteiger partial charge in [-0.1, -0.05) is 0 Å². The van der Waals surface area contributed by atoms with Gasteiger partial charge in [0.15, 0.2) is 0 Å². The van der Waals surface area contributed by atoms with Gasteiger partial charge in [0.2, 0.25) is 0 Å². The molecule has 1 saturated heterocycles. The third-order valence-corrected chi connectivity index (χ3v) is 5.19. The van der Waals surface area contributed by atoms with Gasteiger partial charge in [-0.2, -0.15) is 5.26 Å². The summed E-state index contributed by atoms with van der Waals surface area (Å²) in [5, 5.41) is 9.46. The van der Waals surface area contributed by atoms with Crippen LogP contribution in [-0.2, 0) is 4.74 Å². The number of hydrogen-bond donors (Lipinski definition) is 0. The minimum absolute atomic E-state index is 0.229. The van der Waals surface area contributed by atoms with Crippen molar-refractivity contribution in [3.8, 4) is 6.07 Å². The average Bonchev–Trinajstić information content (AvgIpc) is 2.47. The van der Waals surface area contributed by atoms with E-state index in [4.69, 9.17) is 4.74 Å². The molecule has 0 aromatic heterocycles. The second-order valence-corrected chi connectivity index (χ2v) is 6.28. The first kappa shape index (κ1) is 14.8. The molecule has 1 aliphatic heterocycles. The molecular formula is C15H27N3O. The van der Waals surface area contributed by atoms with Crippen molar-refractivity contribution in [2.45, 2.75) is 56.1 Å². The van der Waals surface area contributed by atoms with E-state index in [9.17, 15) is 5.26 Å². The highest BCUT2D eigenvalue weighted by Crippen LogP contribution is 2.34. The van der Waals surface area contributed by atoms with Gasteiger partial charge in [0.1, 0.15) is 5.54 Å². The fourth-order valence-corrected chi connectivity index (χ4v) is 3.54. The second kappa shape index (κ2) is 6.21. The monoisotopic (exact) mass is 265 g/mol. The zero-order valence-electron chi connectivity index (χ0n) is 12.6.